The Morgan fingerprint density at radius 3 is 2.09 bits per heavy atom. The third-order valence-electron chi connectivity index (χ3n) is 3.21. The van der Waals surface area contributed by atoms with E-state index in [9.17, 15) is 0 Å². The number of hydrogen-bond acceptors (Lipinski definition) is 6. The number of aromatic nitrogens is 1. The van der Waals surface area contributed by atoms with Gasteiger partial charge in [0.2, 0.25) is 5.75 Å². The number of nitrogens with zero attached hydrogens (tertiary/aromatic N) is 1. The molecule has 0 aliphatic carbocycles. The van der Waals surface area contributed by atoms with Crippen molar-refractivity contribution in [2.45, 2.75) is 6.54 Å². The summed E-state index contributed by atoms with van der Waals surface area (Å²) in [4.78, 5) is 4.09. The molecule has 0 aliphatic heterocycles. The van der Waals surface area contributed by atoms with Crippen molar-refractivity contribution in [1.82, 2.24) is 4.98 Å². The Bertz CT molecular complexity index is 606. The topological polar surface area (TPSA) is 61.8 Å². The summed E-state index contributed by atoms with van der Waals surface area (Å²) in [5.74, 6) is 2.56. The van der Waals surface area contributed by atoms with Crippen molar-refractivity contribution in [3.8, 4) is 23.0 Å². The lowest BCUT2D eigenvalue weighted by Gasteiger charge is -2.15. The number of benzene rings is 1. The van der Waals surface area contributed by atoms with Gasteiger partial charge in [-0.1, -0.05) is 0 Å². The molecule has 6 nitrogen and oxygen atoms in total. The molecule has 0 radical (unpaired) electrons. The second-order valence-electron chi connectivity index (χ2n) is 4.46. The average molecular weight is 304 g/mol. The fraction of sp³-hybridized carbons (Fsp3) is 0.312. The number of methoxy groups -OCH3 is 4. The normalized spacial score (nSPS) is 10.0. The van der Waals surface area contributed by atoms with Crippen LogP contribution >= 0.6 is 0 Å². The van der Waals surface area contributed by atoms with Gasteiger partial charge >= 0.3 is 0 Å². The Morgan fingerprint density at radius 1 is 0.909 bits per heavy atom. The first kappa shape index (κ1) is 15.8. The smallest absolute Gasteiger partial charge is 0.203 e. The van der Waals surface area contributed by atoms with Crippen molar-refractivity contribution >= 4 is 5.69 Å². The number of rotatable bonds is 7. The molecule has 1 aromatic heterocycles. The highest BCUT2D eigenvalue weighted by Gasteiger charge is 2.13. The zero-order chi connectivity index (χ0) is 15.9. The zero-order valence-electron chi connectivity index (χ0n) is 13.2. The molecule has 0 amide bonds. The third-order valence-corrected chi connectivity index (χ3v) is 3.21. The van der Waals surface area contributed by atoms with Crippen LogP contribution in [-0.4, -0.2) is 33.4 Å². The van der Waals surface area contributed by atoms with E-state index < -0.39 is 0 Å². The summed E-state index contributed by atoms with van der Waals surface area (Å²) in [6.45, 7) is 0.568. The van der Waals surface area contributed by atoms with Gasteiger partial charge in [0.15, 0.2) is 11.5 Å². The maximum atomic E-state index is 5.35. The van der Waals surface area contributed by atoms with Crippen LogP contribution in [0.3, 0.4) is 0 Å². The Hall–Kier alpha value is -2.63. The van der Waals surface area contributed by atoms with Gasteiger partial charge in [0.1, 0.15) is 5.75 Å². The van der Waals surface area contributed by atoms with E-state index in [1.54, 1.807) is 46.9 Å². The van der Waals surface area contributed by atoms with Crippen LogP contribution in [-0.2, 0) is 6.54 Å². The SMILES string of the molecule is COc1ccncc1NCc1cc(OC)c(OC)c(OC)c1. The molecule has 1 aromatic carbocycles. The molecular formula is C16H20N2O4. The van der Waals surface area contributed by atoms with Crippen LogP contribution in [0.25, 0.3) is 0 Å². The van der Waals surface area contributed by atoms with Gasteiger partial charge in [0.25, 0.3) is 0 Å². The first-order chi connectivity index (χ1) is 10.7. The summed E-state index contributed by atoms with van der Waals surface area (Å²) in [6, 6.07) is 5.60. The van der Waals surface area contributed by atoms with E-state index in [-0.39, 0.29) is 0 Å². The third kappa shape index (κ3) is 3.33. The highest BCUT2D eigenvalue weighted by Crippen LogP contribution is 2.38. The van der Waals surface area contributed by atoms with E-state index in [2.05, 4.69) is 10.3 Å². The highest BCUT2D eigenvalue weighted by atomic mass is 16.5. The number of pyridine rings is 1. The van der Waals surface area contributed by atoms with Gasteiger partial charge in [-0.2, -0.15) is 0 Å². The monoisotopic (exact) mass is 304 g/mol. The molecule has 2 rings (SSSR count). The Labute approximate surface area is 130 Å². The standard InChI is InChI=1S/C16H20N2O4/c1-19-13-5-6-17-10-12(13)18-9-11-7-14(20-2)16(22-4)15(8-11)21-3/h5-8,10,18H,9H2,1-4H3. The summed E-state index contributed by atoms with van der Waals surface area (Å²) < 4.78 is 21.3. The van der Waals surface area contributed by atoms with Crippen molar-refractivity contribution in [1.29, 1.82) is 0 Å². The lowest BCUT2D eigenvalue weighted by atomic mass is 10.1. The summed E-state index contributed by atoms with van der Waals surface area (Å²) >= 11 is 0. The molecule has 0 saturated heterocycles. The van der Waals surface area contributed by atoms with Crippen molar-refractivity contribution in [3.63, 3.8) is 0 Å². The minimum absolute atomic E-state index is 0.568. The molecule has 0 unspecified atom stereocenters. The van der Waals surface area contributed by atoms with Crippen LogP contribution in [0.2, 0.25) is 0 Å². The van der Waals surface area contributed by atoms with E-state index in [1.807, 2.05) is 12.1 Å². The summed E-state index contributed by atoms with van der Waals surface area (Å²) in [5.41, 5.74) is 1.80. The Balaban J connectivity index is 2.22. The van der Waals surface area contributed by atoms with Crippen LogP contribution in [0, 0.1) is 0 Å². The van der Waals surface area contributed by atoms with Crippen LogP contribution < -0.4 is 24.3 Å². The number of nitrogens with one attached hydrogen (secondary N) is 1. The maximum Gasteiger partial charge on any atom is 0.203 e. The molecule has 118 valence electrons. The van der Waals surface area contributed by atoms with Gasteiger partial charge in [0, 0.05) is 18.8 Å². The van der Waals surface area contributed by atoms with E-state index >= 15 is 0 Å². The molecule has 1 heterocycles. The lowest BCUT2D eigenvalue weighted by Crippen LogP contribution is -2.03. The molecule has 6 heteroatoms. The molecule has 0 fully saturated rings. The first-order valence-electron chi connectivity index (χ1n) is 6.74. The minimum atomic E-state index is 0.568. The molecule has 1 N–H and O–H groups in total. The Morgan fingerprint density at radius 2 is 1.55 bits per heavy atom. The number of hydrogen-bond donors (Lipinski definition) is 1. The van der Waals surface area contributed by atoms with Gasteiger partial charge in [0.05, 0.1) is 40.3 Å². The van der Waals surface area contributed by atoms with E-state index in [1.165, 1.54) is 0 Å². The van der Waals surface area contributed by atoms with Crippen LogP contribution in [0.4, 0.5) is 5.69 Å². The molecule has 2 aromatic rings. The van der Waals surface area contributed by atoms with E-state index in [4.69, 9.17) is 18.9 Å². The largest absolute Gasteiger partial charge is 0.494 e. The Kier molecular flexibility index (Phi) is 5.30. The molecule has 0 saturated carbocycles. The van der Waals surface area contributed by atoms with Crippen molar-refractivity contribution in [3.05, 3.63) is 36.2 Å². The number of anilines is 1. The summed E-state index contributed by atoms with van der Waals surface area (Å²) in [7, 11) is 6.40. The second-order valence-corrected chi connectivity index (χ2v) is 4.46. The highest BCUT2D eigenvalue weighted by molar-refractivity contribution is 5.57. The van der Waals surface area contributed by atoms with Gasteiger partial charge in [-0.15, -0.1) is 0 Å². The molecular weight excluding hydrogens is 284 g/mol. The average Bonchev–Trinajstić information content (AvgIpc) is 2.58. The summed E-state index contributed by atoms with van der Waals surface area (Å²) in [6.07, 6.45) is 3.40. The second kappa shape index (κ2) is 7.40. The van der Waals surface area contributed by atoms with Gasteiger partial charge in [-0.05, 0) is 17.7 Å². The predicted molar refractivity (Wildman–Crippen MR) is 84.2 cm³/mol. The quantitative estimate of drug-likeness (QED) is 0.848. The molecule has 0 aliphatic rings. The van der Waals surface area contributed by atoms with Crippen LogP contribution in [0.15, 0.2) is 30.6 Å². The fourth-order valence-electron chi connectivity index (χ4n) is 2.13. The molecule has 22 heavy (non-hydrogen) atoms. The van der Waals surface area contributed by atoms with Gasteiger partial charge in [-0.25, -0.2) is 0 Å². The van der Waals surface area contributed by atoms with Gasteiger partial charge in [-0.3, -0.25) is 4.98 Å². The van der Waals surface area contributed by atoms with E-state index in [0.29, 0.717) is 23.8 Å². The maximum absolute atomic E-state index is 5.35. The molecule has 0 bridgehead atoms. The summed E-state index contributed by atoms with van der Waals surface area (Å²) in [5, 5.41) is 3.28. The van der Waals surface area contributed by atoms with Crippen molar-refractivity contribution < 1.29 is 18.9 Å². The van der Waals surface area contributed by atoms with Crippen molar-refractivity contribution in [2.75, 3.05) is 33.8 Å². The fourth-order valence-corrected chi connectivity index (χ4v) is 2.13. The zero-order valence-corrected chi connectivity index (χ0v) is 13.2. The van der Waals surface area contributed by atoms with E-state index in [0.717, 1.165) is 17.0 Å². The first-order valence-corrected chi connectivity index (χ1v) is 6.74. The van der Waals surface area contributed by atoms with Crippen molar-refractivity contribution in [2.24, 2.45) is 0 Å². The molecule has 0 atom stereocenters. The number of ether oxygens (including phenoxy) is 4. The van der Waals surface area contributed by atoms with Gasteiger partial charge < -0.3 is 24.3 Å². The predicted octanol–water partition coefficient (Wildman–Crippen LogP) is 2.73. The van der Waals surface area contributed by atoms with Crippen LogP contribution in [0.5, 0.6) is 23.0 Å². The minimum Gasteiger partial charge on any atom is -0.494 e. The molecule has 0 spiro atoms. The lowest BCUT2D eigenvalue weighted by molar-refractivity contribution is 0.324. The van der Waals surface area contributed by atoms with Crippen LogP contribution in [0.1, 0.15) is 5.56 Å².